The summed E-state index contributed by atoms with van der Waals surface area (Å²) in [7, 11) is 7.67. The number of esters is 1. The van der Waals surface area contributed by atoms with Gasteiger partial charge in [0.2, 0.25) is 0 Å². The first-order chi connectivity index (χ1) is 28.1. The van der Waals surface area contributed by atoms with E-state index in [1.54, 1.807) is 39.8 Å². The van der Waals surface area contributed by atoms with Gasteiger partial charge in [0.25, 0.3) is 0 Å². The largest absolute Gasteiger partial charge is 0.462 e. The average molecular weight is 855 g/mol. The fraction of sp³-hybridized carbons (Fsp3) is 0.867. The van der Waals surface area contributed by atoms with E-state index in [0.717, 1.165) is 18.3 Å². The number of likely N-dealkylation sites (N-methyl/N-ethyl adjacent to an activating group) is 2. The molecule has 15 nitrogen and oxygen atoms in total. The summed E-state index contributed by atoms with van der Waals surface area (Å²) in [5.74, 6) is -2.55. The van der Waals surface area contributed by atoms with Gasteiger partial charge in [-0.3, -0.25) is 4.79 Å². The topological polar surface area (TPSA) is 186 Å². The summed E-state index contributed by atoms with van der Waals surface area (Å²) in [6.45, 7) is 16.7. The highest BCUT2D eigenvalue weighted by Gasteiger charge is 2.51. The van der Waals surface area contributed by atoms with E-state index in [1.165, 1.54) is 6.92 Å². The summed E-state index contributed by atoms with van der Waals surface area (Å²) in [6.07, 6.45) is -1.47. The van der Waals surface area contributed by atoms with Crippen molar-refractivity contribution < 1.29 is 63.2 Å². The number of nitrogens with zero attached hydrogens (tertiary/aromatic N) is 2. The van der Waals surface area contributed by atoms with Crippen LogP contribution in [0.3, 0.4) is 0 Å². The van der Waals surface area contributed by atoms with E-state index in [1.807, 2.05) is 53.9 Å². The van der Waals surface area contributed by atoms with Gasteiger partial charge in [-0.15, -0.1) is 0 Å². The van der Waals surface area contributed by atoms with Crippen molar-refractivity contribution in [2.45, 2.75) is 198 Å². The second-order valence-corrected chi connectivity index (χ2v) is 18.8. The zero-order valence-corrected chi connectivity index (χ0v) is 38.4. The minimum Gasteiger partial charge on any atom is -0.462 e. The summed E-state index contributed by atoms with van der Waals surface area (Å²) in [6, 6.07) is -0.447. The Morgan fingerprint density at radius 2 is 1.55 bits per heavy atom. The lowest BCUT2D eigenvalue weighted by molar-refractivity contribution is -0.341. The molecule has 0 aromatic rings. The van der Waals surface area contributed by atoms with Gasteiger partial charge >= 0.3 is 5.97 Å². The summed E-state index contributed by atoms with van der Waals surface area (Å²) in [5, 5.41) is 45.1. The van der Waals surface area contributed by atoms with E-state index in [9.17, 15) is 30.0 Å². The van der Waals surface area contributed by atoms with Crippen molar-refractivity contribution in [3.8, 4) is 0 Å². The molecule has 0 spiro atoms. The van der Waals surface area contributed by atoms with Crippen molar-refractivity contribution in [2.24, 2.45) is 23.7 Å². The first kappa shape index (κ1) is 50.8. The SMILES string of the molecule is CC[C@H]1OC(=O)C[C@@H](O)[C@@H](C)[C@H](O[C@@H]2O[C@H](C)[C@@H](O[C@H]3C[C@@](C)(O)[C@@H](O)[C@H](C)O3)[C@H](N(C)C)[C@H]2O)[C@@H](C=O)C[C@@H](C)C(O[C@H]2CC[C@H](N(C)C)[C@@H](C)O2)/C=C/C(C)=C\[C@@H]1C. The molecule has 0 radical (unpaired) electrons. The van der Waals surface area contributed by atoms with E-state index >= 15 is 0 Å². The third-order valence-electron chi connectivity index (χ3n) is 13.2. The van der Waals surface area contributed by atoms with Gasteiger partial charge < -0.3 is 68.2 Å². The molecule has 0 aliphatic carbocycles. The minimum atomic E-state index is -1.46. The Morgan fingerprint density at radius 1 is 0.883 bits per heavy atom. The third-order valence-corrected chi connectivity index (χ3v) is 13.2. The van der Waals surface area contributed by atoms with Crippen LogP contribution < -0.4 is 0 Å². The Balaban J connectivity index is 1.66. The van der Waals surface area contributed by atoms with Gasteiger partial charge in [-0.25, -0.2) is 0 Å². The molecule has 4 aliphatic heterocycles. The second kappa shape index (κ2) is 22.2. The molecule has 3 fully saturated rings. The van der Waals surface area contributed by atoms with Crippen molar-refractivity contribution >= 4 is 12.3 Å². The van der Waals surface area contributed by atoms with Crippen LogP contribution in [0.15, 0.2) is 23.8 Å². The first-order valence-electron chi connectivity index (χ1n) is 22.1. The average Bonchev–Trinajstić information content (AvgIpc) is 3.16. The zero-order chi connectivity index (χ0) is 44.8. The second-order valence-electron chi connectivity index (χ2n) is 18.8. The highest BCUT2D eigenvalue weighted by Crippen LogP contribution is 2.37. The molecule has 4 N–H and O–H groups in total. The van der Waals surface area contributed by atoms with Gasteiger partial charge in [0.1, 0.15) is 30.7 Å². The van der Waals surface area contributed by atoms with Crippen LogP contribution in [-0.4, -0.2) is 168 Å². The summed E-state index contributed by atoms with van der Waals surface area (Å²) in [4.78, 5) is 30.6. The molecule has 1 unspecified atom stereocenters. The number of rotatable bonds is 10. The maximum absolute atomic E-state index is 13.3. The molecule has 346 valence electrons. The van der Waals surface area contributed by atoms with Gasteiger partial charge in [0, 0.05) is 30.2 Å². The number of hydrogen-bond acceptors (Lipinski definition) is 15. The van der Waals surface area contributed by atoms with Gasteiger partial charge in [-0.1, -0.05) is 51.5 Å². The standard InChI is InChI=1S/C45H78N2O13/c1-14-34-25(3)19-24(2)15-17-35(58-37-18-16-32(46(10)11)28(6)54-37)26(4)20-31(23-48)41(27(5)33(49)21-36(50)57-34)60-44-40(51)39(47(12)13)42(29(7)56-44)59-38-22-45(9,53)43(52)30(8)55-38/h15,17,19,23,25-35,37-44,49,51-53H,14,16,18,20-22H2,1-13H3/b17-15+,24-19-/t25-,26+,27+,28+,29+,30-,31+,32-,33+,34+,35?,37-,38-,39+,40+,41-,42+,43-,44-,45+/m0/s1. The number of ether oxygens (including phenoxy) is 7. The van der Waals surface area contributed by atoms with Gasteiger partial charge in [-0.05, 0) is 94.4 Å². The normalized spacial score (nSPS) is 47.0. The van der Waals surface area contributed by atoms with Crippen LogP contribution in [0.4, 0.5) is 0 Å². The Labute approximate surface area is 358 Å². The van der Waals surface area contributed by atoms with Crippen molar-refractivity contribution in [3.63, 3.8) is 0 Å². The number of allylic oxidation sites excluding steroid dienone is 2. The minimum absolute atomic E-state index is 0.00677. The van der Waals surface area contributed by atoms with Gasteiger partial charge in [0.15, 0.2) is 18.9 Å². The first-order valence-corrected chi connectivity index (χ1v) is 22.1. The fourth-order valence-corrected chi connectivity index (χ4v) is 9.53. The number of hydrogen-bond donors (Lipinski definition) is 4. The van der Waals surface area contributed by atoms with Gasteiger partial charge in [0.05, 0.1) is 54.7 Å². The lowest BCUT2D eigenvalue weighted by Gasteiger charge is -2.50. The van der Waals surface area contributed by atoms with Crippen LogP contribution in [0.2, 0.25) is 0 Å². The van der Waals surface area contributed by atoms with E-state index in [-0.39, 0.29) is 43.2 Å². The summed E-state index contributed by atoms with van der Waals surface area (Å²) >= 11 is 0. The van der Waals surface area contributed by atoms with Crippen LogP contribution in [0, 0.1) is 23.7 Å². The number of aliphatic hydroxyl groups excluding tert-OH is 3. The molecule has 0 bridgehead atoms. The summed E-state index contributed by atoms with van der Waals surface area (Å²) < 4.78 is 44.4. The maximum atomic E-state index is 13.3. The number of carbonyl (C=O) groups excluding carboxylic acids is 2. The molecular formula is C45H78N2O13. The molecule has 4 rings (SSSR count). The van der Waals surface area contributed by atoms with E-state index < -0.39 is 103 Å². The van der Waals surface area contributed by atoms with Crippen LogP contribution in [0.25, 0.3) is 0 Å². The maximum Gasteiger partial charge on any atom is 0.308 e. The Morgan fingerprint density at radius 3 is 2.13 bits per heavy atom. The predicted octanol–water partition coefficient (Wildman–Crippen LogP) is 3.58. The molecule has 0 amide bonds. The monoisotopic (exact) mass is 855 g/mol. The van der Waals surface area contributed by atoms with Crippen molar-refractivity contribution in [1.29, 1.82) is 0 Å². The number of aliphatic hydroxyl groups is 4. The Kier molecular flexibility index (Phi) is 18.8. The zero-order valence-electron chi connectivity index (χ0n) is 38.4. The molecule has 20 atom stereocenters. The molecular weight excluding hydrogens is 776 g/mol. The summed E-state index contributed by atoms with van der Waals surface area (Å²) in [5.41, 5.74) is -0.504. The van der Waals surface area contributed by atoms with Crippen molar-refractivity contribution in [1.82, 2.24) is 9.80 Å². The van der Waals surface area contributed by atoms with E-state index in [4.69, 9.17) is 33.2 Å². The highest BCUT2D eigenvalue weighted by atomic mass is 16.7. The highest BCUT2D eigenvalue weighted by molar-refractivity contribution is 5.70. The number of carbonyl (C=O) groups is 2. The predicted molar refractivity (Wildman–Crippen MR) is 224 cm³/mol. The molecule has 0 aromatic heterocycles. The molecule has 4 aliphatic rings. The van der Waals surface area contributed by atoms with Crippen LogP contribution >= 0.6 is 0 Å². The number of cyclic esters (lactones) is 1. The molecule has 15 heteroatoms. The van der Waals surface area contributed by atoms with Crippen LogP contribution in [-0.2, 0) is 42.7 Å². The fourth-order valence-electron chi connectivity index (χ4n) is 9.53. The van der Waals surface area contributed by atoms with Crippen molar-refractivity contribution in [2.75, 3.05) is 28.2 Å². The molecule has 0 aromatic carbocycles. The lowest BCUT2D eigenvalue weighted by atomic mass is 9.81. The third kappa shape index (κ3) is 12.9. The van der Waals surface area contributed by atoms with E-state index in [2.05, 4.69) is 17.9 Å². The Bertz CT molecular complexity index is 1430. The molecule has 0 saturated carbocycles. The lowest BCUT2D eigenvalue weighted by Crippen LogP contribution is -2.65. The van der Waals surface area contributed by atoms with Crippen molar-refractivity contribution in [3.05, 3.63) is 23.8 Å². The smallest absolute Gasteiger partial charge is 0.308 e. The molecule has 4 heterocycles. The quantitative estimate of drug-likeness (QED) is 0.185. The van der Waals surface area contributed by atoms with Crippen LogP contribution in [0.5, 0.6) is 0 Å². The van der Waals surface area contributed by atoms with Crippen LogP contribution in [0.1, 0.15) is 101 Å². The number of aldehydes is 1. The Hall–Kier alpha value is -1.86. The van der Waals surface area contributed by atoms with E-state index in [0.29, 0.717) is 12.8 Å². The molecule has 3 saturated heterocycles. The van der Waals surface area contributed by atoms with Gasteiger partial charge in [-0.2, -0.15) is 0 Å². The molecule has 60 heavy (non-hydrogen) atoms.